The monoisotopic (exact) mass is 225 g/mol. The van der Waals surface area contributed by atoms with Crippen LogP contribution < -0.4 is 0 Å². The summed E-state index contributed by atoms with van der Waals surface area (Å²) in [6.07, 6.45) is 2.07. The average Bonchev–Trinajstić information content (AvgIpc) is 2.68. The third kappa shape index (κ3) is 2.18. The predicted molar refractivity (Wildman–Crippen MR) is 56.3 cm³/mol. The standard InChI is InChI=1S/C11H9ClFNO/c12-6-5-11-14-7-10(15-11)8-3-1-2-4-9(8)13/h1-4,7H,5-6H2. The number of nitrogens with zero attached hydrogens (tertiary/aromatic N) is 1. The molecule has 0 aliphatic heterocycles. The smallest absolute Gasteiger partial charge is 0.196 e. The van der Waals surface area contributed by atoms with E-state index >= 15 is 0 Å². The van der Waals surface area contributed by atoms with Gasteiger partial charge in [-0.2, -0.15) is 0 Å². The third-order valence-electron chi connectivity index (χ3n) is 2.00. The van der Waals surface area contributed by atoms with Gasteiger partial charge < -0.3 is 4.42 Å². The van der Waals surface area contributed by atoms with Gasteiger partial charge in [0.25, 0.3) is 0 Å². The Morgan fingerprint density at radius 3 is 2.87 bits per heavy atom. The van der Waals surface area contributed by atoms with E-state index in [0.29, 0.717) is 29.5 Å². The molecule has 1 aromatic carbocycles. The van der Waals surface area contributed by atoms with E-state index in [1.807, 2.05) is 0 Å². The second-order valence-electron chi connectivity index (χ2n) is 3.04. The molecule has 0 unspecified atom stereocenters. The highest BCUT2D eigenvalue weighted by molar-refractivity contribution is 6.17. The number of rotatable bonds is 3. The molecule has 4 heteroatoms. The van der Waals surface area contributed by atoms with E-state index in [-0.39, 0.29) is 5.82 Å². The van der Waals surface area contributed by atoms with Crippen molar-refractivity contribution in [3.63, 3.8) is 0 Å². The Labute approximate surface area is 91.7 Å². The van der Waals surface area contributed by atoms with Gasteiger partial charge in [-0.15, -0.1) is 11.6 Å². The highest BCUT2D eigenvalue weighted by atomic mass is 35.5. The van der Waals surface area contributed by atoms with Crippen molar-refractivity contribution in [1.29, 1.82) is 0 Å². The first kappa shape index (κ1) is 10.2. The Balaban J connectivity index is 2.33. The number of aryl methyl sites for hydroxylation is 1. The lowest BCUT2D eigenvalue weighted by atomic mass is 10.2. The van der Waals surface area contributed by atoms with Crippen LogP contribution in [-0.4, -0.2) is 10.9 Å². The molecule has 0 saturated carbocycles. The summed E-state index contributed by atoms with van der Waals surface area (Å²) in [5.41, 5.74) is 0.422. The summed E-state index contributed by atoms with van der Waals surface area (Å²) in [6.45, 7) is 0. The maximum atomic E-state index is 13.4. The molecule has 0 amide bonds. The van der Waals surface area contributed by atoms with Crippen LogP contribution in [0.15, 0.2) is 34.9 Å². The normalized spacial score (nSPS) is 10.5. The molecule has 15 heavy (non-hydrogen) atoms. The van der Waals surface area contributed by atoms with Crippen LogP contribution in [0.4, 0.5) is 4.39 Å². The molecule has 2 rings (SSSR count). The minimum Gasteiger partial charge on any atom is -0.441 e. The zero-order chi connectivity index (χ0) is 10.7. The van der Waals surface area contributed by atoms with Gasteiger partial charge in [-0.05, 0) is 12.1 Å². The van der Waals surface area contributed by atoms with Crippen molar-refractivity contribution in [3.05, 3.63) is 42.2 Å². The Kier molecular flexibility index (Phi) is 3.02. The molecule has 1 heterocycles. The first-order chi connectivity index (χ1) is 7.31. The van der Waals surface area contributed by atoms with E-state index in [0.717, 1.165) is 0 Å². The molecule has 0 N–H and O–H groups in total. The van der Waals surface area contributed by atoms with E-state index in [4.69, 9.17) is 16.0 Å². The maximum Gasteiger partial charge on any atom is 0.196 e. The predicted octanol–water partition coefficient (Wildman–Crippen LogP) is 3.26. The molecule has 0 aliphatic carbocycles. The third-order valence-corrected chi connectivity index (χ3v) is 2.19. The molecular formula is C11H9ClFNO. The van der Waals surface area contributed by atoms with Gasteiger partial charge in [0.1, 0.15) is 5.82 Å². The van der Waals surface area contributed by atoms with Gasteiger partial charge in [0.2, 0.25) is 0 Å². The van der Waals surface area contributed by atoms with E-state index < -0.39 is 0 Å². The first-order valence-corrected chi connectivity index (χ1v) is 5.10. The average molecular weight is 226 g/mol. The topological polar surface area (TPSA) is 26.0 Å². The summed E-state index contributed by atoms with van der Waals surface area (Å²) in [4.78, 5) is 4.01. The molecule has 0 spiro atoms. The SMILES string of the molecule is Fc1ccccc1-c1cnc(CCCl)o1. The number of benzene rings is 1. The number of alkyl halides is 1. The summed E-state index contributed by atoms with van der Waals surface area (Å²) >= 11 is 5.55. The van der Waals surface area contributed by atoms with Crippen LogP contribution in [-0.2, 0) is 6.42 Å². The van der Waals surface area contributed by atoms with E-state index in [2.05, 4.69) is 4.98 Å². The molecule has 1 aromatic heterocycles. The molecule has 78 valence electrons. The minimum atomic E-state index is -0.314. The number of hydrogen-bond acceptors (Lipinski definition) is 2. The van der Waals surface area contributed by atoms with Gasteiger partial charge in [-0.25, -0.2) is 9.37 Å². The van der Waals surface area contributed by atoms with Crippen molar-refractivity contribution >= 4 is 11.6 Å². The van der Waals surface area contributed by atoms with Crippen molar-refractivity contribution in [2.75, 3.05) is 5.88 Å². The largest absolute Gasteiger partial charge is 0.441 e. The van der Waals surface area contributed by atoms with E-state index in [1.54, 1.807) is 18.2 Å². The zero-order valence-corrected chi connectivity index (χ0v) is 8.67. The maximum absolute atomic E-state index is 13.4. The van der Waals surface area contributed by atoms with Gasteiger partial charge in [-0.1, -0.05) is 12.1 Å². The molecule has 0 saturated heterocycles. The highest BCUT2D eigenvalue weighted by Gasteiger charge is 2.09. The van der Waals surface area contributed by atoms with Crippen molar-refractivity contribution < 1.29 is 8.81 Å². The summed E-state index contributed by atoms with van der Waals surface area (Å²) in [5.74, 6) is 1.10. The molecule has 0 fully saturated rings. The van der Waals surface area contributed by atoms with Crippen LogP contribution in [0.3, 0.4) is 0 Å². The second-order valence-corrected chi connectivity index (χ2v) is 3.42. The lowest BCUT2D eigenvalue weighted by Gasteiger charge is -1.96. The van der Waals surface area contributed by atoms with Crippen LogP contribution >= 0.6 is 11.6 Å². The summed E-state index contributed by atoms with van der Waals surface area (Å²) in [6, 6.07) is 6.43. The van der Waals surface area contributed by atoms with E-state index in [1.165, 1.54) is 12.3 Å². The molecule has 0 atom stereocenters. The molecule has 0 bridgehead atoms. The van der Waals surface area contributed by atoms with Gasteiger partial charge in [0.15, 0.2) is 11.7 Å². The number of halogens is 2. The van der Waals surface area contributed by atoms with Crippen molar-refractivity contribution in [3.8, 4) is 11.3 Å². The zero-order valence-electron chi connectivity index (χ0n) is 7.91. The number of aromatic nitrogens is 1. The fraction of sp³-hybridized carbons (Fsp3) is 0.182. The number of oxazole rings is 1. The fourth-order valence-electron chi connectivity index (χ4n) is 1.29. The molecule has 2 nitrogen and oxygen atoms in total. The summed E-state index contributed by atoms with van der Waals surface area (Å²) < 4.78 is 18.7. The second kappa shape index (κ2) is 4.45. The van der Waals surface area contributed by atoms with Crippen LogP contribution in [0, 0.1) is 5.82 Å². The Morgan fingerprint density at radius 1 is 1.33 bits per heavy atom. The quantitative estimate of drug-likeness (QED) is 0.750. The van der Waals surface area contributed by atoms with Crippen molar-refractivity contribution in [2.24, 2.45) is 0 Å². The van der Waals surface area contributed by atoms with E-state index in [9.17, 15) is 4.39 Å². The van der Waals surface area contributed by atoms with Crippen LogP contribution in [0.25, 0.3) is 11.3 Å². The Bertz CT molecular complexity index is 455. The molecule has 0 radical (unpaired) electrons. The summed E-state index contributed by atoms with van der Waals surface area (Å²) in [7, 11) is 0. The van der Waals surface area contributed by atoms with Crippen LogP contribution in [0.5, 0.6) is 0 Å². The van der Waals surface area contributed by atoms with Crippen LogP contribution in [0.2, 0.25) is 0 Å². The fourth-order valence-corrected chi connectivity index (χ4v) is 1.45. The highest BCUT2D eigenvalue weighted by Crippen LogP contribution is 2.23. The van der Waals surface area contributed by atoms with Gasteiger partial charge in [-0.3, -0.25) is 0 Å². The van der Waals surface area contributed by atoms with Gasteiger partial charge in [0, 0.05) is 12.3 Å². The molecule has 2 aromatic rings. The van der Waals surface area contributed by atoms with Crippen molar-refractivity contribution in [1.82, 2.24) is 4.98 Å². The van der Waals surface area contributed by atoms with Gasteiger partial charge >= 0.3 is 0 Å². The van der Waals surface area contributed by atoms with Gasteiger partial charge in [0.05, 0.1) is 11.8 Å². The first-order valence-electron chi connectivity index (χ1n) is 4.57. The molecule has 0 aliphatic rings. The Morgan fingerprint density at radius 2 is 2.13 bits per heavy atom. The lowest BCUT2D eigenvalue weighted by Crippen LogP contribution is -1.83. The molecular weight excluding hydrogens is 217 g/mol. The minimum absolute atomic E-state index is 0.314. The van der Waals surface area contributed by atoms with Crippen LogP contribution in [0.1, 0.15) is 5.89 Å². The summed E-state index contributed by atoms with van der Waals surface area (Å²) in [5, 5.41) is 0. The number of hydrogen-bond donors (Lipinski definition) is 0. The lowest BCUT2D eigenvalue weighted by molar-refractivity contribution is 0.510. The van der Waals surface area contributed by atoms with Crippen molar-refractivity contribution in [2.45, 2.75) is 6.42 Å². The Hall–Kier alpha value is -1.35.